The summed E-state index contributed by atoms with van der Waals surface area (Å²) in [6.07, 6.45) is 0. The third-order valence-electron chi connectivity index (χ3n) is 2.44. The first-order valence-corrected chi connectivity index (χ1v) is 5.94. The molecule has 2 aromatic rings. The smallest absolute Gasteiger partial charge is 0.159 e. The van der Waals surface area contributed by atoms with Gasteiger partial charge in [0.15, 0.2) is 11.6 Å². The van der Waals surface area contributed by atoms with Crippen molar-refractivity contribution >= 4 is 11.6 Å². The Morgan fingerprint density at radius 1 is 0.944 bits per heavy atom. The molecule has 0 aliphatic carbocycles. The Morgan fingerprint density at radius 3 is 2.50 bits per heavy atom. The summed E-state index contributed by atoms with van der Waals surface area (Å²) in [6, 6.07) is 11.0. The number of alkyl halides is 1. The predicted octanol–water partition coefficient (Wildman–Crippen LogP) is 4.28. The molecule has 4 heteroatoms. The zero-order valence-electron chi connectivity index (χ0n) is 9.50. The van der Waals surface area contributed by atoms with Gasteiger partial charge in [-0.15, -0.1) is 11.6 Å². The van der Waals surface area contributed by atoms with E-state index in [0.29, 0.717) is 17.2 Å². The van der Waals surface area contributed by atoms with Crippen LogP contribution in [0.15, 0.2) is 42.5 Å². The standard InChI is InChI=1S/C14H11ClF2O/c15-8-10-2-1-3-12(6-10)18-9-11-4-5-13(16)14(17)7-11/h1-7H,8-9H2. The van der Waals surface area contributed by atoms with Gasteiger partial charge in [-0.25, -0.2) is 8.78 Å². The van der Waals surface area contributed by atoms with Crippen molar-refractivity contribution in [3.05, 3.63) is 65.2 Å². The van der Waals surface area contributed by atoms with Crippen LogP contribution in [0, 0.1) is 11.6 Å². The van der Waals surface area contributed by atoms with Crippen LogP contribution in [0.25, 0.3) is 0 Å². The van der Waals surface area contributed by atoms with Crippen molar-refractivity contribution in [3.8, 4) is 5.75 Å². The molecule has 0 fully saturated rings. The van der Waals surface area contributed by atoms with Gasteiger partial charge in [0, 0.05) is 5.88 Å². The van der Waals surface area contributed by atoms with Gasteiger partial charge in [-0.1, -0.05) is 18.2 Å². The molecule has 0 spiro atoms. The monoisotopic (exact) mass is 268 g/mol. The fraction of sp³-hybridized carbons (Fsp3) is 0.143. The van der Waals surface area contributed by atoms with E-state index >= 15 is 0 Å². The van der Waals surface area contributed by atoms with Gasteiger partial charge in [-0.3, -0.25) is 0 Å². The molecule has 94 valence electrons. The van der Waals surface area contributed by atoms with Gasteiger partial charge in [0.05, 0.1) is 0 Å². The summed E-state index contributed by atoms with van der Waals surface area (Å²) in [6.45, 7) is 0.183. The van der Waals surface area contributed by atoms with E-state index in [2.05, 4.69) is 0 Å². The first-order valence-electron chi connectivity index (χ1n) is 5.40. The van der Waals surface area contributed by atoms with Crippen molar-refractivity contribution < 1.29 is 13.5 Å². The van der Waals surface area contributed by atoms with Gasteiger partial charge in [0.1, 0.15) is 12.4 Å². The number of benzene rings is 2. The Hall–Kier alpha value is -1.61. The van der Waals surface area contributed by atoms with Crippen LogP contribution in [0.2, 0.25) is 0 Å². The zero-order valence-corrected chi connectivity index (χ0v) is 10.3. The second-order valence-corrected chi connectivity index (χ2v) is 4.09. The lowest BCUT2D eigenvalue weighted by atomic mass is 10.2. The molecule has 0 heterocycles. The van der Waals surface area contributed by atoms with Crippen molar-refractivity contribution in [2.24, 2.45) is 0 Å². The summed E-state index contributed by atoms with van der Waals surface area (Å²) >= 11 is 5.71. The second kappa shape index (κ2) is 5.83. The average Bonchev–Trinajstić information content (AvgIpc) is 2.40. The van der Waals surface area contributed by atoms with Gasteiger partial charge in [-0.2, -0.15) is 0 Å². The molecule has 0 N–H and O–H groups in total. The van der Waals surface area contributed by atoms with Crippen LogP contribution in [0.4, 0.5) is 8.78 Å². The normalized spacial score (nSPS) is 10.4. The minimum Gasteiger partial charge on any atom is -0.489 e. The molecule has 2 rings (SSSR count). The first kappa shape index (κ1) is 12.8. The van der Waals surface area contributed by atoms with E-state index in [4.69, 9.17) is 16.3 Å². The summed E-state index contributed by atoms with van der Waals surface area (Å²) in [4.78, 5) is 0. The molecule has 0 saturated carbocycles. The molecule has 0 radical (unpaired) electrons. The maximum absolute atomic E-state index is 13.0. The molecule has 1 nitrogen and oxygen atoms in total. The summed E-state index contributed by atoms with van der Waals surface area (Å²) in [5.41, 5.74) is 1.52. The highest BCUT2D eigenvalue weighted by molar-refractivity contribution is 6.17. The number of ether oxygens (including phenoxy) is 1. The van der Waals surface area contributed by atoms with E-state index in [0.717, 1.165) is 17.7 Å². The van der Waals surface area contributed by atoms with Crippen LogP contribution in [-0.4, -0.2) is 0 Å². The minimum atomic E-state index is -0.870. The Morgan fingerprint density at radius 2 is 1.78 bits per heavy atom. The fourth-order valence-electron chi connectivity index (χ4n) is 1.51. The first-order chi connectivity index (χ1) is 8.69. The van der Waals surface area contributed by atoms with E-state index in [9.17, 15) is 8.78 Å². The molecule has 0 aliphatic heterocycles. The molecule has 0 unspecified atom stereocenters. The van der Waals surface area contributed by atoms with E-state index in [-0.39, 0.29) is 6.61 Å². The van der Waals surface area contributed by atoms with Gasteiger partial charge >= 0.3 is 0 Å². The molecule has 0 aromatic heterocycles. The van der Waals surface area contributed by atoms with Crippen molar-refractivity contribution in [2.45, 2.75) is 12.5 Å². The molecular weight excluding hydrogens is 258 g/mol. The van der Waals surface area contributed by atoms with Gasteiger partial charge < -0.3 is 4.74 Å². The summed E-state index contributed by atoms with van der Waals surface area (Å²) in [5.74, 6) is -0.672. The van der Waals surface area contributed by atoms with Gasteiger partial charge in [0.2, 0.25) is 0 Å². The lowest BCUT2D eigenvalue weighted by Crippen LogP contribution is -1.97. The molecule has 0 aliphatic rings. The van der Waals surface area contributed by atoms with Gasteiger partial charge in [-0.05, 0) is 35.4 Å². The van der Waals surface area contributed by atoms with Crippen LogP contribution in [-0.2, 0) is 12.5 Å². The Balaban J connectivity index is 2.04. The van der Waals surface area contributed by atoms with E-state index in [1.807, 2.05) is 18.2 Å². The summed E-state index contributed by atoms with van der Waals surface area (Å²) < 4.78 is 31.2. The lowest BCUT2D eigenvalue weighted by Gasteiger charge is -2.07. The Kier molecular flexibility index (Phi) is 4.15. The van der Waals surface area contributed by atoms with Crippen molar-refractivity contribution in [2.75, 3.05) is 0 Å². The largest absolute Gasteiger partial charge is 0.489 e. The summed E-state index contributed by atoms with van der Waals surface area (Å²) in [7, 11) is 0. The number of hydrogen-bond acceptors (Lipinski definition) is 1. The molecule has 18 heavy (non-hydrogen) atoms. The summed E-state index contributed by atoms with van der Waals surface area (Å²) in [5, 5.41) is 0. The highest BCUT2D eigenvalue weighted by atomic mass is 35.5. The van der Waals surface area contributed by atoms with Crippen molar-refractivity contribution in [3.63, 3.8) is 0 Å². The second-order valence-electron chi connectivity index (χ2n) is 3.82. The SMILES string of the molecule is Fc1ccc(COc2cccc(CCl)c2)cc1F. The third kappa shape index (κ3) is 3.20. The van der Waals surface area contributed by atoms with Crippen LogP contribution in [0.1, 0.15) is 11.1 Å². The molecule has 2 aromatic carbocycles. The van der Waals surface area contributed by atoms with Crippen LogP contribution in [0.5, 0.6) is 5.75 Å². The highest BCUT2D eigenvalue weighted by Crippen LogP contribution is 2.17. The molecule has 0 bridgehead atoms. The average molecular weight is 269 g/mol. The zero-order chi connectivity index (χ0) is 13.0. The Bertz CT molecular complexity index is 543. The third-order valence-corrected chi connectivity index (χ3v) is 2.75. The Labute approximate surface area is 109 Å². The predicted molar refractivity (Wildman–Crippen MR) is 66.7 cm³/mol. The topological polar surface area (TPSA) is 9.23 Å². The molecule has 0 saturated heterocycles. The molecule has 0 atom stereocenters. The van der Waals surface area contributed by atoms with E-state index in [1.165, 1.54) is 6.07 Å². The van der Waals surface area contributed by atoms with Crippen LogP contribution < -0.4 is 4.74 Å². The molecule has 0 amide bonds. The van der Waals surface area contributed by atoms with Gasteiger partial charge in [0.25, 0.3) is 0 Å². The van der Waals surface area contributed by atoms with E-state index < -0.39 is 11.6 Å². The maximum atomic E-state index is 13.0. The molecular formula is C14H11ClF2O. The number of hydrogen-bond donors (Lipinski definition) is 0. The minimum absolute atomic E-state index is 0.183. The van der Waals surface area contributed by atoms with E-state index in [1.54, 1.807) is 6.07 Å². The fourth-order valence-corrected chi connectivity index (χ4v) is 1.68. The highest BCUT2D eigenvalue weighted by Gasteiger charge is 2.03. The quantitative estimate of drug-likeness (QED) is 0.752. The number of halogens is 3. The van der Waals surface area contributed by atoms with Crippen molar-refractivity contribution in [1.82, 2.24) is 0 Å². The lowest BCUT2D eigenvalue weighted by molar-refractivity contribution is 0.305. The van der Waals surface area contributed by atoms with Crippen molar-refractivity contribution in [1.29, 1.82) is 0 Å². The number of rotatable bonds is 4. The maximum Gasteiger partial charge on any atom is 0.159 e. The van der Waals surface area contributed by atoms with Crippen LogP contribution in [0.3, 0.4) is 0 Å². The van der Waals surface area contributed by atoms with Crippen LogP contribution >= 0.6 is 11.6 Å².